The molecule has 2 aromatic carbocycles. The predicted octanol–water partition coefficient (Wildman–Crippen LogP) is 3.45. The van der Waals surface area contributed by atoms with Crippen LogP contribution in [-0.4, -0.2) is 9.97 Å². The molecule has 0 aliphatic heterocycles. The molecule has 5 nitrogen and oxygen atoms in total. The smallest absolute Gasteiger partial charge is 0.239 e. The lowest BCUT2D eigenvalue weighted by Crippen LogP contribution is -2.11. The lowest BCUT2D eigenvalue weighted by Gasteiger charge is -2.10. The van der Waals surface area contributed by atoms with E-state index < -0.39 is 5.82 Å². The molecule has 1 heterocycles. The number of nitrogens with two attached hydrogens (primary N) is 1. The molecule has 0 aliphatic rings. The van der Waals surface area contributed by atoms with E-state index in [1.54, 1.807) is 6.07 Å². The summed E-state index contributed by atoms with van der Waals surface area (Å²) in [6.45, 7) is 0. The minimum absolute atomic E-state index is 0.0670. The van der Waals surface area contributed by atoms with E-state index in [4.69, 9.17) is 17.4 Å². The topological polar surface area (TPSA) is 75.9 Å². The summed E-state index contributed by atoms with van der Waals surface area (Å²) in [5.74, 6) is 5.66. The van der Waals surface area contributed by atoms with Crippen LogP contribution in [0.4, 0.5) is 21.8 Å². The van der Waals surface area contributed by atoms with E-state index in [1.807, 2.05) is 24.3 Å². The fraction of sp³-hybridized carbons (Fsp3) is 0. The average Bonchev–Trinajstić information content (AvgIpc) is 2.51. The van der Waals surface area contributed by atoms with Gasteiger partial charge in [-0.15, -0.1) is 0 Å². The van der Waals surface area contributed by atoms with Crippen LogP contribution in [0.1, 0.15) is 0 Å². The van der Waals surface area contributed by atoms with Crippen molar-refractivity contribution in [2.24, 2.45) is 5.84 Å². The first-order valence-corrected chi connectivity index (χ1v) is 6.50. The number of fused-ring (bicyclic) bond motifs is 1. The number of halogens is 2. The summed E-state index contributed by atoms with van der Waals surface area (Å²) >= 11 is 5.67. The van der Waals surface area contributed by atoms with E-state index in [0.29, 0.717) is 11.5 Å². The zero-order chi connectivity index (χ0) is 14.8. The molecule has 106 valence electrons. The quantitative estimate of drug-likeness (QED) is 0.510. The molecule has 3 rings (SSSR count). The first-order valence-electron chi connectivity index (χ1n) is 6.13. The number of nitrogens with zero attached hydrogens (tertiary/aromatic N) is 2. The molecule has 1 aromatic heterocycles. The minimum Gasteiger partial charge on any atom is -0.339 e. The summed E-state index contributed by atoms with van der Waals surface area (Å²) in [6, 6.07) is 11.9. The van der Waals surface area contributed by atoms with Gasteiger partial charge in [0.25, 0.3) is 0 Å². The van der Waals surface area contributed by atoms with Crippen LogP contribution in [0.5, 0.6) is 0 Å². The maximum absolute atomic E-state index is 13.5. The van der Waals surface area contributed by atoms with Gasteiger partial charge >= 0.3 is 0 Å². The van der Waals surface area contributed by atoms with Crippen molar-refractivity contribution in [3.63, 3.8) is 0 Å². The highest BCUT2D eigenvalue weighted by molar-refractivity contribution is 6.30. The predicted molar refractivity (Wildman–Crippen MR) is 82.0 cm³/mol. The third-order valence-electron chi connectivity index (χ3n) is 2.91. The van der Waals surface area contributed by atoms with Crippen LogP contribution in [0.25, 0.3) is 10.9 Å². The van der Waals surface area contributed by atoms with Gasteiger partial charge in [0.05, 0.1) is 10.5 Å². The Bertz CT molecular complexity index is 808. The summed E-state index contributed by atoms with van der Waals surface area (Å²) in [4.78, 5) is 8.50. The van der Waals surface area contributed by atoms with Crippen molar-refractivity contribution >= 4 is 40.0 Å². The van der Waals surface area contributed by atoms with Crippen molar-refractivity contribution in [2.45, 2.75) is 0 Å². The molecule has 0 unspecified atom stereocenters. The first kappa shape index (κ1) is 13.5. The second-order valence-corrected chi connectivity index (χ2v) is 4.72. The molecule has 0 fully saturated rings. The molecular weight excluding hydrogens is 293 g/mol. The highest BCUT2D eigenvalue weighted by atomic mass is 35.5. The van der Waals surface area contributed by atoms with E-state index in [-0.39, 0.29) is 11.0 Å². The summed E-state index contributed by atoms with van der Waals surface area (Å²) < 4.78 is 13.5. The standard InChI is InChI=1S/C14H11ClFN5/c15-10-6-5-8(7-11(10)16)18-13-9-3-1-2-4-12(9)19-14(20-13)21-17/h1-7H,17H2,(H2,18,19,20,21). The van der Waals surface area contributed by atoms with Gasteiger partial charge < -0.3 is 5.32 Å². The van der Waals surface area contributed by atoms with Crippen molar-refractivity contribution in [3.05, 3.63) is 53.3 Å². The van der Waals surface area contributed by atoms with Crippen LogP contribution in [0.2, 0.25) is 5.02 Å². The van der Waals surface area contributed by atoms with Gasteiger partial charge in [0.1, 0.15) is 11.6 Å². The Labute approximate surface area is 124 Å². The largest absolute Gasteiger partial charge is 0.339 e. The number of benzene rings is 2. The molecule has 0 bridgehead atoms. The van der Waals surface area contributed by atoms with Crippen molar-refractivity contribution in [1.82, 2.24) is 9.97 Å². The molecule has 0 saturated carbocycles. The summed E-state index contributed by atoms with van der Waals surface area (Å²) in [6.07, 6.45) is 0. The zero-order valence-corrected chi connectivity index (χ0v) is 11.5. The van der Waals surface area contributed by atoms with Crippen LogP contribution in [-0.2, 0) is 0 Å². The van der Waals surface area contributed by atoms with Crippen LogP contribution in [0.15, 0.2) is 42.5 Å². The molecule has 4 N–H and O–H groups in total. The zero-order valence-electron chi connectivity index (χ0n) is 10.8. The van der Waals surface area contributed by atoms with E-state index in [2.05, 4.69) is 20.7 Å². The van der Waals surface area contributed by atoms with Crippen LogP contribution in [0.3, 0.4) is 0 Å². The van der Waals surface area contributed by atoms with Crippen LogP contribution < -0.4 is 16.6 Å². The van der Waals surface area contributed by atoms with E-state index in [9.17, 15) is 4.39 Å². The van der Waals surface area contributed by atoms with Crippen molar-refractivity contribution in [2.75, 3.05) is 10.7 Å². The number of rotatable bonds is 3. The average molecular weight is 304 g/mol. The Morgan fingerprint density at radius 1 is 1.10 bits per heavy atom. The van der Waals surface area contributed by atoms with Gasteiger partial charge in [-0.05, 0) is 30.3 Å². The molecule has 7 heteroatoms. The van der Waals surface area contributed by atoms with Gasteiger partial charge in [-0.1, -0.05) is 23.7 Å². The first-order chi connectivity index (χ1) is 10.2. The normalized spacial score (nSPS) is 10.6. The molecule has 0 atom stereocenters. The third-order valence-corrected chi connectivity index (χ3v) is 3.22. The number of para-hydroxylation sites is 1. The van der Waals surface area contributed by atoms with Crippen molar-refractivity contribution in [3.8, 4) is 0 Å². The number of hydrogen-bond donors (Lipinski definition) is 3. The SMILES string of the molecule is NNc1nc(Nc2ccc(Cl)c(F)c2)c2ccccc2n1. The monoisotopic (exact) mass is 303 g/mol. The molecule has 0 saturated heterocycles. The molecule has 0 aliphatic carbocycles. The van der Waals surface area contributed by atoms with Gasteiger partial charge in [0.15, 0.2) is 0 Å². The highest BCUT2D eigenvalue weighted by Gasteiger charge is 2.08. The highest BCUT2D eigenvalue weighted by Crippen LogP contribution is 2.26. The molecular formula is C14H11ClFN5. The van der Waals surface area contributed by atoms with E-state index in [1.165, 1.54) is 12.1 Å². The number of hydrazine groups is 1. The lowest BCUT2D eigenvalue weighted by molar-refractivity contribution is 0.629. The molecule has 0 amide bonds. The Hall–Kier alpha value is -2.44. The van der Waals surface area contributed by atoms with E-state index in [0.717, 1.165) is 10.9 Å². The molecule has 3 aromatic rings. The number of aromatic nitrogens is 2. The second-order valence-electron chi connectivity index (χ2n) is 4.31. The summed E-state index contributed by atoms with van der Waals surface area (Å²) in [5.41, 5.74) is 3.66. The second kappa shape index (κ2) is 5.51. The van der Waals surface area contributed by atoms with Crippen LogP contribution in [0, 0.1) is 5.82 Å². The van der Waals surface area contributed by atoms with Crippen molar-refractivity contribution in [1.29, 1.82) is 0 Å². The van der Waals surface area contributed by atoms with Crippen molar-refractivity contribution < 1.29 is 4.39 Å². The molecule has 0 spiro atoms. The van der Waals surface area contributed by atoms with Gasteiger partial charge in [-0.3, -0.25) is 5.43 Å². The Morgan fingerprint density at radius 3 is 2.67 bits per heavy atom. The van der Waals surface area contributed by atoms with Gasteiger partial charge in [0, 0.05) is 11.1 Å². The Kier molecular flexibility index (Phi) is 3.55. The maximum atomic E-state index is 13.5. The lowest BCUT2D eigenvalue weighted by atomic mass is 10.2. The van der Waals surface area contributed by atoms with Gasteiger partial charge in [0.2, 0.25) is 5.95 Å². The van der Waals surface area contributed by atoms with Gasteiger partial charge in [-0.25, -0.2) is 15.2 Å². The number of nitrogen functional groups attached to an aromatic ring is 1. The number of hydrogen-bond acceptors (Lipinski definition) is 5. The van der Waals surface area contributed by atoms with Crippen LogP contribution >= 0.6 is 11.6 Å². The number of anilines is 3. The minimum atomic E-state index is -0.503. The number of nitrogens with one attached hydrogen (secondary N) is 2. The fourth-order valence-corrected chi connectivity index (χ4v) is 2.06. The maximum Gasteiger partial charge on any atom is 0.239 e. The summed E-state index contributed by atoms with van der Waals surface area (Å²) in [7, 11) is 0. The summed E-state index contributed by atoms with van der Waals surface area (Å²) in [5, 5.41) is 3.91. The fourth-order valence-electron chi connectivity index (χ4n) is 1.95. The molecule has 21 heavy (non-hydrogen) atoms. The molecule has 0 radical (unpaired) electrons. The Balaban J connectivity index is 2.08. The third kappa shape index (κ3) is 2.72. The van der Waals surface area contributed by atoms with E-state index >= 15 is 0 Å². The van der Waals surface area contributed by atoms with Gasteiger partial charge in [-0.2, -0.15) is 4.98 Å². The Morgan fingerprint density at radius 2 is 1.90 bits per heavy atom.